The Bertz CT molecular complexity index is 388. The van der Waals surface area contributed by atoms with E-state index < -0.39 is 0 Å². The molecule has 0 aliphatic heterocycles. The first kappa shape index (κ1) is 9.97. The molecule has 0 bridgehead atoms. The number of nitriles is 1. The minimum atomic E-state index is 0.435. The quantitative estimate of drug-likeness (QED) is 0.817. The van der Waals surface area contributed by atoms with E-state index in [1.54, 1.807) is 18.3 Å². The fraction of sp³-hybridized carbons (Fsp3) is 0.500. The van der Waals surface area contributed by atoms with Crippen molar-refractivity contribution in [3.05, 3.63) is 23.9 Å². The van der Waals surface area contributed by atoms with Crippen LogP contribution in [0.4, 0.5) is 5.82 Å². The Morgan fingerprint density at radius 1 is 1.60 bits per heavy atom. The van der Waals surface area contributed by atoms with Gasteiger partial charge in [-0.1, -0.05) is 13.3 Å². The summed E-state index contributed by atoms with van der Waals surface area (Å²) in [6.07, 6.45) is 5.59. The zero-order chi connectivity index (χ0) is 10.7. The first-order valence-electron chi connectivity index (χ1n) is 5.32. The maximum Gasteiger partial charge on any atom is 0.127 e. The molecule has 0 atom stereocenters. The van der Waals surface area contributed by atoms with Crippen LogP contribution in [0.5, 0.6) is 0 Å². The Kier molecular flexibility index (Phi) is 2.59. The summed E-state index contributed by atoms with van der Waals surface area (Å²) >= 11 is 0. The molecule has 1 fully saturated rings. The Labute approximate surface area is 90.1 Å². The highest BCUT2D eigenvalue weighted by Gasteiger charge is 2.31. The van der Waals surface area contributed by atoms with Crippen LogP contribution in [-0.4, -0.2) is 11.5 Å². The van der Waals surface area contributed by atoms with Crippen molar-refractivity contribution in [1.29, 1.82) is 5.26 Å². The predicted octanol–water partition coefficient (Wildman–Crippen LogP) is 2.56. The van der Waals surface area contributed by atoms with Gasteiger partial charge in [-0.2, -0.15) is 5.26 Å². The third-order valence-corrected chi connectivity index (χ3v) is 3.15. The molecule has 0 aromatic carbocycles. The molecule has 15 heavy (non-hydrogen) atoms. The molecule has 0 unspecified atom stereocenters. The van der Waals surface area contributed by atoms with E-state index in [0.29, 0.717) is 11.0 Å². The molecule has 1 aliphatic carbocycles. The van der Waals surface area contributed by atoms with Crippen LogP contribution in [-0.2, 0) is 0 Å². The lowest BCUT2D eigenvalue weighted by atomic mass is 9.70. The van der Waals surface area contributed by atoms with E-state index in [9.17, 15) is 0 Å². The number of anilines is 1. The Balaban J connectivity index is 1.96. The molecule has 0 spiro atoms. The lowest BCUT2D eigenvalue weighted by molar-refractivity contribution is 0.180. The molecule has 1 aromatic heterocycles. The fourth-order valence-corrected chi connectivity index (χ4v) is 1.86. The second-order valence-corrected chi connectivity index (χ2v) is 4.56. The molecule has 0 amide bonds. The molecule has 0 saturated heterocycles. The van der Waals surface area contributed by atoms with E-state index in [2.05, 4.69) is 23.3 Å². The highest BCUT2D eigenvalue weighted by Crippen LogP contribution is 2.40. The highest BCUT2D eigenvalue weighted by molar-refractivity contribution is 5.42. The number of aromatic nitrogens is 1. The molecule has 1 aliphatic rings. The predicted molar refractivity (Wildman–Crippen MR) is 59.4 cm³/mol. The van der Waals surface area contributed by atoms with Crippen molar-refractivity contribution in [3.8, 4) is 6.07 Å². The smallest absolute Gasteiger partial charge is 0.127 e. The van der Waals surface area contributed by atoms with E-state index in [-0.39, 0.29) is 0 Å². The number of hydrogen-bond donors (Lipinski definition) is 1. The van der Waals surface area contributed by atoms with Gasteiger partial charge in [0.1, 0.15) is 5.82 Å². The first-order chi connectivity index (χ1) is 7.22. The largest absolute Gasteiger partial charge is 0.369 e. The van der Waals surface area contributed by atoms with Crippen molar-refractivity contribution >= 4 is 5.82 Å². The summed E-state index contributed by atoms with van der Waals surface area (Å²) in [5.74, 6) is 0.808. The van der Waals surface area contributed by atoms with Crippen LogP contribution < -0.4 is 5.32 Å². The first-order valence-corrected chi connectivity index (χ1v) is 5.32. The van der Waals surface area contributed by atoms with Gasteiger partial charge < -0.3 is 5.32 Å². The highest BCUT2D eigenvalue weighted by atomic mass is 15.0. The number of hydrogen-bond acceptors (Lipinski definition) is 3. The summed E-state index contributed by atoms with van der Waals surface area (Å²) in [5, 5.41) is 12.0. The lowest BCUT2D eigenvalue weighted by Gasteiger charge is -2.38. The van der Waals surface area contributed by atoms with E-state index in [1.807, 2.05) is 0 Å². The Morgan fingerprint density at radius 2 is 2.40 bits per heavy atom. The van der Waals surface area contributed by atoms with Gasteiger partial charge in [-0.15, -0.1) is 0 Å². The zero-order valence-corrected chi connectivity index (χ0v) is 8.95. The molecule has 1 N–H and O–H groups in total. The van der Waals surface area contributed by atoms with Gasteiger partial charge in [-0.25, -0.2) is 4.98 Å². The Hall–Kier alpha value is -1.56. The van der Waals surface area contributed by atoms with Crippen LogP contribution in [0, 0.1) is 16.7 Å². The standard InChI is InChI=1S/C12H15N3/c1-12(4-2-5-12)9-15-11-7-10(8-13)3-6-14-11/h3,6-7H,2,4-5,9H2,1H3,(H,14,15). The molecule has 2 rings (SSSR count). The maximum absolute atomic E-state index is 8.74. The second-order valence-electron chi connectivity index (χ2n) is 4.56. The molecule has 1 saturated carbocycles. The fourth-order valence-electron chi connectivity index (χ4n) is 1.86. The van der Waals surface area contributed by atoms with Crippen LogP contribution >= 0.6 is 0 Å². The summed E-state index contributed by atoms with van der Waals surface area (Å²) in [5.41, 5.74) is 1.09. The van der Waals surface area contributed by atoms with Gasteiger partial charge in [0.05, 0.1) is 11.6 Å². The van der Waals surface area contributed by atoms with E-state index in [4.69, 9.17) is 5.26 Å². The maximum atomic E-state index is 8.74. The number of rotatable bonds is 3. The second kappa shape index (κ2) is 3.90. The van der Waals surface area contributed by atoms with E-state index in [0.717, 1.165) is 12.4 Å². The van der Waals surface area contributed by atoms with Crippen molar-refractivity contribution in [3.63, 3.8) is 0 Å². The van der Waals surface area contributed by atoms with Gasteiger partial charge >= 0.3 is 0 Å². The van der Waals surface area contributed by atoms with Crippen molar-refractivity contribution in [1.82, 2.24) is 4.98 Å². The molecule has 3 heteroatoms. The van der Waals surface area contributed by atoms with Crippen molar-refractivity contribution < 1.29 is 0 Å². The normalized spacial score (nSPS) is 17.6. The van der Waals surface area contributed by atoms with Crippen LogP contribution in [0.1, 0.15) is 31.7 Å². The summed E-state index contributed by atoms with van der Waals surface area (Å²) < 4.78 is 0. The van der Waals surface area contributed by atoms with E-state index >= 15 is 0 Å². The van der Waals surface area contributed by atoms with Crippen molar-refractivity contribution in [2.45, 2.75) is 26.2 Å². The van der Waals surface area contributed by atoms with Gasteiger partial charge in [0, 0.05) is 12.7 Å². The summed E-state index contributed by atoms with van der Waals surface area (Å²) in [6.45, 7) is 3.24. The minimum absolute atomic E-state index is 0.435. The third kappa shape index (κ3) is 2.27. The minimum Gasteiger partial charge on any atom is -0.369 e. The Morgan fingerprint density at radius 3 is 3.00 bits per heavy atom. The number of nitrogens with one attached hydrogen (secondary N) is 1. The lowest BCUT2D eigenvalue weighted by Crippen LogP contribution is -2.33. The van der Waals surface area contributed by atoms with Gasteiger partial charge in [-0.05, 0) is 30.4 Å². The van der Waals surface area contributed by atoms with Crippen molar-refractivity contribution in [2.75, 3.05) is 11.9 Å². The van der Waals surface area contributed by atoms with Crippen LogP contribution in [0.15, 0.2) is 18.3 Å². The van der Waals surface area contributed by atoms with Gasteiger partial charge in [0.15, 0.2) is 0 Å². The van der Waals surface area contributed by atoms with Gasteiger partial charge in [0.2, 0.25) is 0 Å². The summed E-state index contributed by atoms with van der Waals surface area (Å²) in [4.78, 5) is 4.19. The molecule has 1 heterocycles. The van der Waals surface area contributed by atoms with Crippen molar-refractivity contribution in [2.24, 2.45) is 5.41 Å². The molecular formula is C12H15N3. The number of nitrogens with zero attached hydrogens (tertiary/aromatic N) is 2. The molecule has 1 aromatic rings. The van der Waals surface area contributed by atoms with E-state index in [1.165, 1.54) is 19.3 Å². The third-order valence-electron chi connectivity index (χ3n) is 3.15. The summed E-state index contributed by atoms with van der Waals surface area (Å²) in [6, 6.07) is 5.62. The topological polar surface area (TPSA) is 48.7 Å². The average Bonchev–Trinajstić information content (AvgIpc) is 2.24. The zero-order valence-electron chi connectivity index (χ0n) is 8.95. The SMILES string of the molecule is CC1(CNc2cc(C#N)ccn2)CCC1. The van der Waals surface area contributed by atoms with Gasteiger partial charge in [0.25, 0.3) is 0 Å². The molecule has 78 valence electrons. The average molecular weight is 201 g/mol. The number of pyridine rings is 1. The van der Waals surface area contributed by atoms with Crippen LogP contribution in [0.25, 0.3) is 0 Å². The van der Waals surface area contributed by atoms with Crippen LogP contribution in [0.3, 0.4) is 0 Å². The molecule has 0 radical (unpaired) electrons. The monoisotopic (exact) mass is 201 g/mol. The molecular weight excluding hydrogens is 186 g/mol. The van der Waals surface area contributed by atoms with Gasteiger partial charge in [-0.3, -0.25) is 0 Å². The molecule has 3 nitrogen and oxygen atoms in total. The summed E-state index contributed by atoms with van der Waals surface area (Å²) in [7, 11) is 0. The van der Waals surface area contributed by atoms with Crippen LogP contribution in [0.2, 0.25) is 0 Å².